The molecule has 3 N–H and O–H groups in total. The molecule has 0 fully saturated rings. The smallest absolute Gasteiger partial charge is 0.248 e. The van der Waals surface area contributed by atoms with Gasteiger partial charge in [0.15, 0.2) is 11.5 Å². The van der Waals surface area contributed by atoms with E-state index in [1.165, 1.54) is 24.3 Å². The SMILES string of the molecule is NC(=O)c1ccc(OCc2nc3ccc(F)cc3[nH]2)c(OCc2ccc(Cl)cc2Cl)c1. The predicted octanol–water partition coefficient (Wildman–Crippen LogP) is 5.27. The maximum Gasteiger partial charge on any atom is 0.248 e. The largest absolute Gasteiger partial charge is 0.485 e. The molecule has 31 heavy (non-hydrogen) atoms. The van der Waals surface area contributed by atoms with Gasteiger partial charge in [-0.2, -0.15) is 0 Å². The van der Waals surface area contributed by atoms with Crippen molar-refractivity contribution < 1.29 is 18.7 Å². The number of fused-ring (bicyclic) bond motifs is 1. The monoisotopic (exact) mass is 459 g/mol. The van der Waals surface area contributed by atoms with Gasteiger partial charge in [-0.25, -0.2) is 9.37 Å². The van der Waals surface area contributed by atoms with Crippen LogP contribution in [-0.4, -0.2) is 15.9 Å². The molecule has 0 radical (unpaired) electrons. The zero-order chi connectivity index (χ0) is 22.0. The first kappa shape index (κ1) is 21.0. The minimum Gasteiger partial charge on any atom is -0.485 e. The number of amides is 1. The number of aromatic amines is 1. The van der Waals surface area contributed by atoms with E-state index in [2.05, 4.69) is 9.97 Å². The van der Waals surface area contributed by atoms with Gasteiger partial charge in [-0.15, -0.1) is 0 Å². The highest BCUT2D eigenvalue weighted by Crippen LogP contribution is 2.31. The van der Waals surface area contributed by atoms with Crippen LogP contribution in [0.1, 0.15) is 21.7 Å². The van der Waals surface area contributed by atoms with Crippen molar-refractivity contribution in [2.45, 2.75) is 13.2 Å². The molecule has 4 rings (SSSR count). The first-order chi connectivity index (χ1) is 14.9. The lowest BCUT2D eigenvalue weighted by atomic mass is 10.2. The van der Waals surface area contributed by atoms with Crippen molar-refractivity contribution >= 4 is 40.1 Å². The van der Waals surface area contributed by atoms with E-state index >= 15 is 0 Å². The quantitative estimate of drug-likeness (QED) is 0.394. The van der Waals surface area contributed by atoms with E-state index in [4.69, 9.17) is 38.4 Å². The number of ether oxygens (including phenoxy) is 2. The third kappa shape index (κ3) is 4.90. The van der Waals surface area contributed by atoms with Crippen LogP contribution in [0.4, 0.5) is 4.39 Å². The number of aromatic nitrogens is 2. The molecule has 3 aromatic carbocycles. The summed E-state index contributed by atoms with van der Waals surface area (Å²) in [6, 6.07) is 14.0. The summed E-state index contributed by atoms with van der Waals surface area (Å²) in [5.41, 5.74) is 7.55. The molecule has 4 aromatic rings. The van der Waals surface area contributed by atoms with Crippen molar-refractivity contribution in [3.8, 4) is 11.5 Å². The molecule has 6 nitrogen and oxygen atoms in total. The number of H-pyrrole nitrogens is 1. The van der Waals surface area contributed by atoms with E-state index < -0.39 is 5.91 Å². The number of primary amides is 1. The van der Waals surface area contributed by atoms with E-state index in [1.807, 2.05) is 0 Å². The molecule has 0 aliphatic rings. The first-order valence-electron chi connectivity index (χ1n) is 9.16. The fourth-order valence-corrected chi connectivity index (χ4v) is 3.40. The second-order valence-electron chi connectivity index (χ2n) is 6.68. The summed E-state index contributed by atoms with van der Waals surface area (Å²) >= 11 is 12.1. The lowest BCUT2D eigenvalue weighted by molar-refractivity contribution is 0.0999. The number of carbonyl (C=O) groups is 1. The molecule has 0 aliphatic carbocycles. The van der Waals surface area contributed by atoms with E-state index in [9.17, 15) is 9.18 Å². The van der Waals surface area contributed by atoms with Gasteiger partial charge in [-0.3, -0.25) is 4.79 Å². The summed E-state index contributed by atoms with van der Waals surface area (Å²) in [5.74, 6) is 0.236. The highest BCUT2D eigenvalue weighted by Gasteiger charge is 2.13. The number of rotatable bonds is 7. The van der Waals surface area contributed by atoms with Gasteiger partial charge < -0.3 is 20.2 Å². The fraction of sp³-hybridized carbons (Fsp3) is 0.0909. The minimum atomic E-state index is -0.597. The van der Waals surface area contributed by atoms with Crippen molar-refractivity contribution in [1.29, 1.82) is 0 Å². The van der Waals surface area contributed by atoms with Crippen LogP contribution in [0.3, 0.4) is 0 Å². The van der Waals surface area contributed by atoms with Gasteiger partial charge in [0.1, 0.15) is 24.9 Å². The second kappa shape index (κ2) is 8.83. The molecule has 0 bridgehead atoms. The average Bonchev–Trinajstić information content (AvgIpc) is 3.13. The maximum atomic E-state index is 13.4. The van der Waals surface area contributed by atoms with Crippen LogP contribution in [0, 0.1) is 5.82 Å². The molecule has 1 heterocycles. The Hall–Kier alpha value is -3.29. The van der Waals surface area contributed by atoms with Crippen molar-refractivity contribution in [1.82, 2.24) is 9.97 Å². The summed E-state index contributed by atoms with van der Waals surface area (Å²) in [4.78, 5) is 19.0. The molecule has 9 heteroatoms. The van der Waals surface area contributed by atoms with Crippen molar-refractivity contribution in [2.24, 2.45) is 5.73 Å². The van der Waals surface area contributed by atoms with Gasteiger partial charge in [-0.1, -0.05) is 29.3 Å². The molecule has 1 amide bonds. The fourth-order valence-electron chi connectivity index (χ4n) is 2.94. The normalized spacial score (nSPS) is 10.9. The van der Waals surface area contributed by atoms with Gasteiger partial charge in [0, 0.05) is 21.2 Å². The lowest BCUT2D eigenvalue weighted by Crippen LogP contribution is -2.11. The van der Waals surface area contributed by atoms with Crippen LogP contribution in [0.15, 0.2) is 54.6 Å². The number of nitrogens with two attached hydrogens (primary N) is 1. The molecule has 0 atom stereocenters. The highest BCUT2D eigenvalue weighted by atomic mass is 35.5. The minimum absolute atomic E-state index is 0.0737. The van der Waals surface area contributed by atoms with Crippen molar-refractivity contribution in [3.63, 3.8) is 0 Å². The molecular formula is C22H16Cl2FN3O3. The number of hydrogen-bond acceptors (Lipinski definition) is 4. The number of benzene rings is 3. The topological polar surface area (TPSA) is 90.2 Å². The summed E-state index contributed by atoms with van der Waals surface area (Å²) < 4.78 is 25.1. The number of carbonyl (C=O) groups excluding carboxylic acids is 1. The summed E-state index contributed by atoms with van der Waals surface area (Å²) in [7, 11) is 0. The maximum absolute atomic E-state index is 13.4. The Morgan fingerprint density at radius 2 is 1.81 bits per heavy atom. The standard InChI is InChI=1S/C22H16Cl2FN3O3/c23-14-3-1-13(16(24)8-14)10-30-20-7-12(22(26)29)2-6-19(20)31-11-21-27-17-5-4-15(25)9-18(17)28-21/h1-9H,10-11H2,(H2,26,29)(H,27,28). The Morgan fingerprint density at radius 3 is 2.58 bits per heavy atom. The van der Waals surface area contributed by atoms with Crippen LogP contribution in [-0.2, 0) is 13.2 Å². The van der Waals surface area contributed by atoms with Gasteiger partial charge in [0.2, 0.25) is 5.91 Å². The number of nitrogens with zero attached hydrogens (tertiary/aromatic N) is 1. The molecule has 0 saturated heterocycles. The summed E-state index contributed by atoms with van der Waals surface area (Å²) in [6.07, 6.45) is 0. The van der Waals surface area contributed by atoms with Crippen LogP contribution >= 0.6 is 23.2 Å². The molecule has 0 spiro atoms. The Labute approximate surface area is 186 Å². The van der Waals surface area contributed by atoms with E-state index in [-0.39, 0.29) is 24.6 Å². The third-order valence-corrected chi connectivity index (χ3v) is 5.07. The zero-order valence-corrected chi connectivity index (χ0v) is 17.5. The molecule has 158 valence electrons. The number of nitrogens with one attached hydrogen (secondary N) is 1. The van der Waals surface area contributed by atoms with E-state index in [1.54, 1.807) is 30.3 Å². The number of imidazole rings is 1. The van der Waals surface area contributed by atoms with Crippen molar-refractivity contribution in [2.75, 3.05) is 0 Å². The van der Waals surface area contributed by atoms with Gasteiger partial charge in [0.25, 0.3) is 0 Å². The lowest BCUT2D eigenvalue weighted by Gasteiger charge is -2.14. The van der Waals surface area contributed by atoms with Crippen molar-refractivity contribution in [3.05, 3.63) is 87.4 Å². The van der Waals surface area contributed by atoms with Crippen LogP contribution < -0.4 is 15.2 Å². The van der Waals surface area contributed by atoms with E-state index in [0.29, 0.717) is 44.0 Å². The second-order valence-corrected chi connectivity index (χ2v) is 7.53. The molecule has 0 saturated carbocycles. The Kier molecular flexibility index (Phi) is 5.97. The number of halogens is 3. The van der Waals surface area contributed by atoms with Gasteiger partial charge >= 0.3 is 0 Å². The Bertz CT molecular complexity index is 1280. The Balaban J connectivity index is 1.54. The van der Waals surface area contributed by atoms with Gasteiger partial charge in [-0.05, 0) is 48.5 Å². The molecule has 0 aliphatic heterocycles. The summed E-state index contributed by atoms with van der Waals surface area (Å²) in [6.45, 7) is 0.197. The van der Waals surface area contributed by atoms with Crippen LogP contribution in [0.2, 0.25) is 10.0 Å². The van der Waals surface area contributed by atoms with Gasteiger partial charge in [0.05, 0.1) is 11.0 Å². The summed E-state index contributed by atoms with van der Waals surface area (Å²) in [5, 5.41) is 0.967. The molecule has 0 unspecified atom stereocenters. The molecular weight excluding hydrogens is 444 g/mol. The zero-order valence-electron chi connectivity index (χ0n) is 16.0. The molecule has 1 aromatic heterocycles. The average molecular weight is 460 g/mol. The third-order valence-electron chi connectivity index (χ3n) is 4.48. The number of hydrogen-bond donors (Lipinski definition) is 2. The highest BCUT2D eigenvalue weighted by molar-refractivity contribution is 6.35. The van der Waals surface area contributed by atoms with Crippen LogP contribution in [0.25, 0.3) is 11.0 Å². The van der Waals surface area contributed by atoms with Crippen LogP contribution in [0.5, 0.6) is 11.5 Å². The Morgan fingerprint density at radius 1 is 1.00 bits per heavy atom. The predicted molar refractivity (Wildman–Crippen MR) is 116 cm³/mol. The first-order valence-corrected chi connectivity index (χ1v) is 9.92. The van der Waals surface area contributed by atoms with E-state index in [0.717, 1.165) is 0 Å².